The quantitative estimate of drug-likeness (QED) is 0.775. The average molecular weight is 269 g/mol. The zero-order chi connectivity index (χ0) is 13.2. The van der Waals surface area contributed by atoms with Crippen LogP contribution in [0.5, 0.6) is 0 Å². The van der Waals surface area contributed by atoms with Crippen molar-refractivity contribution in [3.63, 3.8) is 0 Å². The van der Waals surface area contributed by atoms with Gasteiger partial charge in [-0.25, -0.2) is 0 Å². The molecule has 0 aliphatic carbocycles. The summed E-state index contributed by atoms with van der Waals surface area (Å²) in [6.45, 7) is 4.27. The van der Waals surface area contributed by atoms with Gasteiger partial charge in [0.25, 0.3) is 0 Å². The lowest BCUT2D eigenvalue weighted by Crippen LogP contribution is -2.07. The van der Waals surface area contributed by atoms with E-state index in [1.807, 2.05) is 23.5 Å². The van der Waals surface area contributed by atoms with E-state index in [1.165, 1.54) is 9.75 Å². The average Bonchev–Trinajstić information content (AvgIpc) is 2.86. The highest BCUT2D eigenvalue weighted by Crippen LogP contribution is 2.27. The molecule has 0 saturated carbocycles. The van der Waals surface area contributed by atoms with E-state index < -0.39 is 0 Å². The Kier molecular flexibility index (Phi) is 3.17. The molecule has 2 aromatic heterocycles. The summed E-state index contributed by atoms with van der Waals surface area (Å²) >= 11 is 1.81. The molecular formula is C15H15N3S. The van der Waals surface area contributed by atoms with E-state index in [1.54, 1.807) is 6.20 Å². The van der Waals surface area contributed by atoms with Crippen molar-refractivity contribution in [3.8, 4) is 0 Å². The Balaban J connectivity index is 1.93. The number of fused-ring (bicyclic) bond motifs is 1. The van der Waals surface area contributed by atoms with Gasteiger partial charge in [0, 0.05) is 20.5 Å². The van der Waals surface area contributed by atoms with E-state index in [4.69, 9.17) is 0 Å². The Morgan fingerprint density at radius 3 is 2.79 bits per heavy atom. The zero-order valence-electron chi connectivity index (χ0n) is 10.9. The summed E-state index contributed by atoms with van der Waals surface area (Å²) in [7, 11) is 0. The van der Waals surface area contributed by atoms with E-state index in [2.05, 4.69) is 53.6 Å². The van der Waals surface area contributed by atoms with E-state index in [9.17, 15) is 0 Å². The third-order valence-electron chi connectivity index (χ3n) is 3.11. The van der Waals surface area contributed by atoms with Crippen molar-refractivity contribution < 1.29 is 0 Å². The molecule has 1 aromatic carbocycles. The minimum Gasteiger partial charge on any atom is -0.361 e. The van der Waals surface area contributed by atoms with Crippen LogP contribution < -0.4 is 5.32 Å². The van der Waals surface area contributed by atoms with Crippen molar-refractivity contribution >= 4 is 27.9 Å². The van der Waals surface area contributed by atoms with Crippen molar-refractivity contribution in [2.75, 3.05) is 5.32 Å². The number of nitrogens with one attached hydrogen (secondary N) is 1. The maximum atomic E-state index is 4.22. The third-order valence-corrected chi connectivity index (χ3v) is 4.30. The van der Waals surface area contributed by atoms with Gasteiger partial charge in [-0.15, -0.1) is 16.4 Å². The Morgan fingerprint density at radius 1 is 1.16 bits per heavy atom. The first-order chi connectivity index (χ1) is 9.24. The topological polar surface area (TPSA) is 37.8 Å². The van der Waals surface area contributed by atoms with Crippen LogP contribution in [0.3, 0.4) is 0 Å². The first-order valence-electron chi connectivity index (χ1n) is 6.27. The summed E-state index contributed by atoms with van der Waals surface area (Å²) in [4.78, 5) is 2.64. The Hall–Kier alpha value is -1.94. The molecule has 3 nitrogen and oxygen atoms in total. The van der Waals surface area contributed by atoms with Crippen molar-refractivity contribution in [2.45, 2.75) is 19.9 Å². The normalized spacial score (nSPS) is 12.5. The Bertz CT molecular complexity index is 700. The molecule has 0 aliphatic heterocycles. The molecule has 19 heavy (non-hydrogen) atoms. The second kappa shape index (κ2) is 4.97. The van der Waals surface area contributed by atoms with Crippen LogP contribution in [0.2, 0.25) is 0 Å². The van der Waals surface area contributed by atoms with Crippen LogP contribution in [-0.2, 0) is 0 Å². The van der Waals surface area contributed by atoms with Crippen molar-refractivity contribution in [1.82, 2.24) is 10.2 Å². The third kappa shape index (κ3) is 2.44. The molecule has 1 atom stereocenters. The monoisotopic (exact) mass is 269 g/mol. The van der Waals surface area contributed by atoms with E-state index in [0.717, 1.165) is 16.6 Å². The van der Waals surface area contributed by atoms with Gasteiger partial charge in [-0.1, -0.05) is 24.3 Å². The molecule has 0 aliphatic rings. The number of aromatic nitrogens is 2. The molecule has 0 saturated heterocycles. The van der Waals surface area contributed by atoms with Crippen molar-refractivity contribution in [3.05, 3.63) is 52.3 Å². The summed E-state index contributed by atoms with van der Waals surface area (Å²) in [6.07, 6.45) is 1.79. The van der Waals surface area contributed by atoms with Crippen molar-refractivity contribution in [2.24, 2.45) is 0 Å². The number of benzene rings is 1. The second-order valence-corrected chi connectivity index (χ2v) is 5.91. The number of rotatable bonds is 3. The molecule has 0 spiro atoms. The van der Waals surface area contributed by atoms with Crippen LogP contribution in [0.1, 0.15) is 22.7 Å². The first-order valence-corrected chi connectivity index (χ1v) is 7.09. The van der Waals surface area contributed by atoms with Gasteiger partial charge in [0.05, 0.1) is 12.2 Å². The number of aryl methyl sites for hydroxylation is 1. The van der Waals surface area contributed by atoms with Gasteiger partial charge < -0.3 is 5.32 Å². The van der Waals surface area contributed by atoms with E-state index >= 15 is 0 Å². The zero-order valence-corrected chi connectivity index (χ0v) is 11.7. The predicted octanol–water partition coefficient (Wildman–Crippen LogP) is 4.17. The maximum Gasteiger partial charge on any atom is 0.157 e. The van der Waals surface area contributed by atoms with Crippen LogP contribution in [0, 0.1) is 6.92 Å². The Labute approximate surface area is 116 Å². The highest BCUT2D eigenvalue weighted by Gasteiger charge is 2.10. The molecule has 3 aromatic rings. The molecule has 0 fully saturated rings. The number of thiophene rings is 1. The lowest BCUT2D eigenvalue weighted by atomic mass is 10.2. The van der Waals surface area contributed by atoms with Crippen LogP contribution >= 0.6 is 11.3 Å². The molecule has 0 amide bonds. The maximum absolute atomic E-state index is 4.22. The molecular weight excluding hydrogens is 254 g/mol. The molecule has 3 rings (SSSR count). The minimum absolute atomic E-state index is 0.235. The summed E-state index contributed by atoms with van der Waals surface area (Å²) in [5.41, 5.74) is 0. The summed E-state index contributed by atoms with van der Waals surface area (Å²) < 4.78 is 0. The fourth-order valence-electron chi connectivity index (χ4n) is 2.10. The smallest absolute Gasteiger partial charge is 0.157 e. The molecule has 1 unspecified atom stereocenters. The van der Waals surface area contributed by atoms with E-state index in [-0.39, 0.29) is 6.04 Å². The van der Waals surface area contributed by atoms with Crippen molar-refractivity contribution in [1.29, 1.82) is 0 Å². The fourth-order valence-corrected chi connectivity index (χ4v) is 2.98. The highest BCUT2D eigenvalue weighted by atomic mass is 32.1. The van der Waals surface area contributed by atoms with Gasteiger partial charge >= 0.3 is 0 Å². The molecule has 0 bridgehead atoms. The number of hydrogen-bond donors (Lipinski definition) is 1. The lowest BCUT2D eigenvalue weighted by molar-refractivity contribution is 0.885. The van der Waals surface area contributed by atoms with Gasteiger partial charge in [-0.2, -0.15) is 5.10 Å². The summed E-state index contributed by atoms with van der Waals surface area (Å²) in [6, 6.07) is 12.7. The van der Waals surface area contributed by atoms with E-state index in [0.29, 0.717) is 0 Å². The second-order valence-electron chi connectivity index (χ2n) is 4.59. The van der Waals surface area contributed by atoms with Gasteiger partial charge in [0.2, 0.25) is 0 Å². The summed E-state index contributed by atoms with van der Waals surface area (Å²) in [5, 5.41) is 13.9. The Morgan fingerprint density at radius 2 is 2.00 bits per heavy atom. The van der Waals surface area contributed by atoms with Gasteiger partial charge in [0.1, 0.15) is 0 Å². The number of nitrogens with zero attached hydrogens (tertiary/aromatic N) is 2. The van der Waals surface area contributed by atoms with Gasteiger partial charge in [-0.3, -0.25) is 0 Å². The van der Waals surface area contributed by atoms with Gasteiger partial charge in [0.15, 0.2) is 5.82 Å². The van der Waals surface area contributed by atoms with Crippen LogP contribution in [0.25, 0.3) is 10.8 Å². The predicted molar refractivity (Wildman–Crippen MR) is 80.6 cm³/mol. The highest BCUT2D eigenvalue weighted by molar-refractivity contribution is 7.12. The fraction of sp³-hybridized carbons (Fsp3) is 0.200. The summed E-state index contributed by atoms with van der Waals surface area (Å²) in [5.74, 6) is 0.844. The minimum atomic E-state index is 0.235. The number of hydrogen-bond acceptors (Lipinski definition) is 4. The lowest BCUT2D eigenvalue weighted by Gasteiger charge is -2.13. The largest absolute Gasteiger partial charge is 0.361 e. The molecule has 0 radical (unpaired) electrons. The van der Waals surface area contributed by atoms with Gasteiger partial charge in [-0.05, 0) is 26.0 Å². The first kappa shape index (κ1) is 12.1. The molecule has 1 N–H and O–H groups in total. The molecule has 96 valence electrons. The standard InChI is InChI=1S/C15H15N3S/c1-10-7-8-14(19-10)11(2)17-15-13-6-4-3-5-12(13)9-16-18-15/h3-9,11H,1-2H3,(H,17,18). The van der Waals surface area contributed by atoms with Crippen LogP contribution in [0.4, 0.5) is 5.82 Å². The molecule has 4 heteroatoms. The molecule has 2 heterocycles. The van der Waals surface area contributed by atoms with Crippen LogP contribution in [-0.4, -0.2) is 10.2 Å². The van der Waals surface area contributed by atoms with Crippen LogP contribution in [0.15, 0.2) is 42.6 Å². The SMILES string of the molecule is Cc1ccc(C(C)Nc2nncc3ccccc23)s1. The number of anilines is 1.